The molecule has 0 spiro atoms. The lowest BCUT2D eigenvalue weighted by Crippen LogP contribution is -2.14. The van der Waals surface area contributed by atoms with Crippen LogP contribution in [0.3, 0.4) is 0 Å². The summed E-state index contributed by atoms with van der Waals surface area (Å²) < 4.78 is 15.2. The van der Waals surface area contributed by atoms with Crippen LogP contribution in [0.4, 0.5) is 10.1 Å². The summed E-state index contributed by atoms with van der Waals surface area (Å²) in [4.78, 5) is 27.4. The largest absolute Gasteiger partial charge is 0.293 e. The van der Waals surface area contributed by atoms with Crippen molar-refractivity contribution in [3.8, 4) is 22.4 Å². The fourth-order valence-electron chi connectivity index (χ4n) is 3.05. The maximum absolute atomic E-state index is 13.9. The van der Waals surface area contributed by atoms with Crippen LogP contribution in [0, 0.1) is 22.9 Å². The standard InChI is InChI=1S/C19H12ClFN4O3/c1-10-18(12-4-7-14(20)15(21)8-12)19-22-16(9-17(26)24(19)23-10)11-2-5-13(6-3-11)25(27)28/h2-9,23H,1H3. The van der Waals surface area contributed by atoms with Crippen LogP contribution in [-0.2, 0) is 0 Å². The van der Waals surface area contributed by atoms with Gasteiger partial charge in [0.15, 0.2) is 5.65 Å². The number of rotatable bonds is 3. The highest BCUT2D eigenvalue weighted by Gasteiger charge is 2.17. The first kappa shape index (κ1) is 17.9. The van der Waals surface area contributed by atoms with E-state index in [0.29, 0.717) is 33.7 Å². The first-order chi connectivity index (χ1) is 13.3. The van der Waals surface area contributed by atoms with Crippen LogP contribution in [0.5, 0.6) is 0 Å². The Kier molecular flexibility index (Phi) is 4.20. The second kappa shape index (κ2) is 6.58. The summed E-state index contributed by atoms with van der Waals surface area (Å²) in [5, 5.41) is 13.8. The number of aromatic nitrogens is 3. The molecule has 0 atom stereocenters. The molecule has 28 heavy (non-hydrogen) atoms. The van der Waals surface area contributed by atoms with Gasteiger partial charge in [0.1, 0.15) is 5.82 Å². The lowest BCUT2D eigenvalue weighted by Gasteiger charge is -2.04. The molecule has 0 aliphatic rings. The summed E-state index contributed by atoms with van der Waals surface area (Å²) in [6.07, 6.45) is 0. The molecule has 140 valence electrons. The van der Waals surface area contributed by atoms with Crippen molar-refractivity contribution in [2.45, 2.75) is 6.92 Å². The lowest BCUT2D eigenvalue weighted by atomic mass is 10.1. The Balaban J connectivity index is 1.93. The highest BCUT2D eigenvalue weighted by Crippen LogP contribution is 2.30. The van der Waals surface area contributed by atoms with Crippen LogP contribution in [0.2, 0.25) is 5.02 Å². The predicted octanol–water partition coefficient (Wildman–Crippen LogP) is 4.37. The van der Waals surface area contributed by atoms with Crippen molar-refractivity contribution in [1.29, 1.82) is 0 Å². The van der Waals surface area contributed by atoms with Gasteiger partial charge in [0.05, 0.1) is 15.6 Å². The quantitative estimate of drug-likeness (QED) is 0.409. The molecule has 2 heterocycles. The van der Waals surface area contributed by atoms with Gasteiger partial charge in [0.25, 0.3) is 11.2 Å². The molecule has 0 saturated carbocycles. The third-order valence-corrected chi connectivity index (χ3v) is 4.69. The Bertz CT molecular complexity index is 1300. The van der Waals surface area contributed by atoms with E-state index in [2.05, 4.69) is 10.1 Å². The molecule has 0 radical (unpaired) electrons. The number of H-pyrrole nitrogens is 1. The van der Waals surface area contributed by atoms with Gasteiger partial charge in [-0.05, 0) is 36.8 Å². The van der Waals surface area contributed by atoms with Gasteiger partial charge in [-0.2, -0.15) is 0 Å². The van der Waals surface area contributed by atoms with E-state index in [1.165, 1.54) is 47.0 Å². The average Bonchev–Trinajstić information content (AvgIpc) is 3.00. The van der Waals surface area contributed by atoms with E-state index >= 15 is 0 Å². The van der Waals surface area contributed by atoms with Crippen molar-refractivity contribution >= 4 is 22.9 Å². The Hall–Kier alpha value is -3.52. The maximum Gasteiger partial charge on any atom is 0.273 e. The van der Waals surface area contributed by atoms with Gasteiger partial charge in [0, 0.05) is 35.0 Å². The number of nitro groups is 1. The van der Waals surface area contributed by atoms with E-state index in [4.69, 9.17) is 11.6 Å². The highest BCUT2D eigenvalue weighted by molar-refractivity contribution is 6.30. The number of nitrogens with one attached hydrogen (secondary N) is 1. The van der Waals surface area contributed by atoms with Gasteiger partial charge in [-0.3, -0.25) is 20.0 Å². The Morgan fingerprint density at radius 3 is 2.46 bits per heavy atom. The minimum Gasteiger partial charge on any atom is -0.293 e. The second-order valence-electron chi connectivity index (χ2n) is 6.18. The van der Waals surface area contributed by atoms with Crippen molar-refractivity contribution in [3.63, 3.8) is 0 Å². The van der Waals surface area contributed by atoms with Crippen molar-refractivity contribution < 1.29 is 9.31 Å². The number of nitrogens with zero attached hydrogens (tertiary/aromatic N) is 3. The second-order valence-corrected chi connectivity index (χ2v) is 6.59. The van der Waals surface area contributed by atoms with Crippen LogP contribution in [0.15, 0.2) is 53.3 Å². The average molecular weight is 399 g/mol. The van der Waals surface area contributed by atoms with Gasteiger partial charge in [0.2, 0.25) is 0 Å². The molecule has 4 aromatic rings. The Morgan fingerprint density at radius 2 is 1.82 bits per heavy atom. The van der Waals surface area contributed by atoms with E-state index in [-0.39, 0.29) is 16.3 Å². The van der Waals surface area contributed by atoms with Crippen molar-refractivity contribution in [1.82, 2.24) is 14.6 Å². The first-order valence-electron chi connectivity index (χ1n) is 8.18. The Morgan fingerprint density at radius 1 is 1.14 bits per heavy atom. The molecule has 0 saturated heterocycles. The summed E-state index contributed by atoms with van der Waals surface area (Å²) in [7, 11) is 0. The maximum atomic E-state index is 13.9. The van der Waals surface area contributed by atoms with Crippen molar-refractivity contribution in [3.05, 3.63) is 85.5 Å². The van der Waals surface area contributed by atoms with Gasteiger partial charge in [-0.1, -0.05) is 17.7 Å². The molecule has 7 nitrogen and oxygen atoms in total. The van der Waals surface area contributed by atoms with Crippen LogP contribution in [0.25, 0.3) is 28.0 Å². The van der Waals surface area contributed by atoms with Crippen LogP contribution < -0.4 is 5.56 Å². The van der Waals surface area contributed by atoms with Crippen LogP contribution in [0.1, 0.15) is 5.69 Å². The Labute approximate surface area is 162 Å². The number of hydrogen-bond acceptors (Lipinski definition) is 4. The summed E-state index contributed by atoms with van der Waals surface area (Å²) in [6, 6.07) is 11.4. The number of halogens is 2. The molecule has 2 aromatic heterocycles. The summed E-state index contributed by atoms with van der Waals surface area (Å²) in [5.41, 5.74) is 2.53. The number of non-ortho nitro benzene ring substituents is 1. The monoisotopic (exact) mass is 398 g/mol. The lowest BCUT2D eigenvalue weighted by molar-refractivity contribution is -0.384. The molecule has 2 aromatic carbocycles. The normalized spacial score (nSPS) is 11.1. The van der Waals surface area contributed by atoms with E-state index in [0.717, 1.165) is 0 Å². The SMILES string of the molecule is Cc1[nH]n2c(=O)cc(-c3ccc([N+](=O)[O-])cc3)nc2c1-c1ccc(Cl)c(F)c1. The number of hydrogen-bond donors (Lipinski definition) is 1. The van der Waals surface area contributed by atoms with Crippen molar-refractivity contribution in [2.24, 2.45) is 0 Å². The molecular weight excluding hydrogens is 387 g/mol. The van der Waals surface area contributed by atoms with E-state index < -0.39 is 10.7 Å². The smallest absolute Gasteiger partial charge is 0.273 e. The van der Waals surface area contributed by atoms with Crippen LogP contribution >= 0.6 is 11.6 Å². The molecule has 4 rings (SSSR count). The fraction of sp³-hybridized carbons (Fsp3) is 0.0526. The number of benzene rings is 2. The highest BCUT2D eigenvalue weighted by atomic mass is 35.5. The van der Waals surface area contributed by atoms with E-state index in [1.54, 1.807) is 13.0 Å². The molecule has 9 heteroatoms. The molecule has 0 aliphatic heterocycles. The molecule has 0 aliphatic carbocycles. The molecule has 0 amide bonds. The molecule has 0 unspecified atom stereocenters. The zero-order valence-electron chi connectivity index (χ0n) is 14.4. The summed E-state index contributed by atoms with van der Waals surface area (Å²) in [6.45, 7) is 1.75. The summed E-state index contributed by atoms with van der Waals surface area (Å²) >= 11 is 5.76. The zero-order chi connectivity index (χ0) is 20.0. The summed E-state index contributed by atoms with van der Waals surface area (Å²) in [5.74, 6) is -0.577. The van der Waals surface area contributed by atoms with Gasteiger partial charge in [-0.15, -0.1) is 0 Å². The van der Waals surface area contributed by atoms with Gasteiger partial charge < -0.3 is 0 Å². The predicted molar refractivity (Wildman–Crippen MR) is 103 cm³/mol. The third-order valence-electron chi connectivity index (χ3n) is 4.38. The number of aryl methyl sites for hydroxylation is 1. The van der Waals surface area contributed by atoms with Crippen molar-refractivity contribution in [2.75, 3.05) is 0 Å². The van der Waals surface area contributed by atoms with E-state index in [1.807, 2.05) is 0 Å². The van der Waals surface area contributed by atoms with Gasteiger partial charge >= 0.3 is 0 Å². The third kappa shape index (κ3) is 2.93. The molecular formula is C19H12ClFN4O3. The topological polar surface area (TPSA) is 93.3 Å². The zero-order valence-corrected chi connectivity index (χ0v) is 15.2. The number of nitro benzene ring substituents is 1. The first-order valence-corrected chi connectivity index (χ1v) is 8.55. The minimum atomic E-state index is -0.577. The van der Waals surface area contributed by atoms with E-state index in [9.17, 15) is 19.3 Å². The molecule has 0 fully saturated rings. The minimum absolute atomic E-state index is 0.00191. The number of aromatic amines is 1. The van der Waals surface area contributed by atoms with Crippen LogP contribution in [-0.4, -0.2) is 19.5 Å². The fourth-order valence-corrected chi connectivity index (χ4v) is 3.17. The number of fused-ring (bicyclic) bond motifs is 1. The molecule has 0 bridgehead atoms. The van der Waals surface area contributed by atoms with Gasteiger partial charge in [-0.25, -0.2) is 13.9 Å². The molecule has 1 N–H and O–H groups in total.